The van der Waals surface area contributed by atoms with Gasteiger partial charge in [0.15, 0.2) is 0 Å². The number of methoxy groups -OCH3 is 1. The minimum absolute atomic E-state index is 0.0473. The first-order valence-corrected chi connectivity index (χ1v) is 6.86. The van der Waals surface area contributed by atoms with Gasteiger partial charge >= 0.3 is 0 Å². The van der Waals surface area contributed by atoms with Crippen molar-refractivity contribution in [3.63, 3.8) is 0 Å². The second kappa shape index (κ2) is 8.79. The van der Waals surface area contributed by atoms with Gasteiger partial charge in [-0.2, -0.15) is 0 Å². The minimum Gasteiger partial charge on any atom is -0.383 e. The highest BCUT2D eigenvalue weighted by molar-refractivity contribution is 6.33. The van der Waals surface area contributed by atoms with Crippen molar-refractivity contribution in [1.82, 2.24) is 10.6 Å². The number of likely N-dealkylation sites (N-methyl/N-ethyl adjacent to an activating group) is 2. The van der Waals surface area contributed by atoms with Crippen LogP contribution in [0.15, 0.2) is 18.2 Å². The van der Waals surface area contributed by atoms with Crippen LogP contribution in [0.1, 0.15) is 5.56 Å². The normalized spacial score (nSPS) is 10.4. The predicted octanol–water partition coefficient (Wildman–Crippen LogP) is 1.26. The zero-order valence-corrected chi connectivity index (χ0v) is 13.0. The lowest BCUT2D eigenvalue weighted by atomic mass is 10.2. The molecule has 112 valence electrons. The number of amides is 1. The van der Waals surface area contributed by atoms with Crippen molar-refractivity contribution in [3.8, 4) is 0 Å². The van der Waals surface area contributed by atoms with Crippen molar-refractivity contribution in [2.24, 2.45) is 0 Å². The molecular formula is C14H22ClN3O2. The van der Waals surface area contributed by atoms with Gasteiger partial charge in [-0.3, -0.25) is 4.79 Å². The van der Waals surface area contributed by atoms with Gasteiger partial charge in [0.05, 0.1) is 23.9 Å². The maximum Gasteiger partial charge on any atom is 0.239 e. The number of rotatable bonds is 8. The first kappa shape index (κ1) is 16.8. The van der Waals surface area contributed by atoms with Crippen molar-refractivity contribution in [2.75, 3.05) is 45.8 Å². The zero-order chi connectivity index (χ0) is 15.0. The zero-order valence-electron chi connectivity index (χ0n) is 12.2. The summed E-state index contributed by atoms with van der Waals surface area (Å²) in [5, 5.41) is 6.49. The molecule has 0 aromatic heterocycles. The number of benzene rings is 1. The molecule has 0 spiro atoms. The van der Waals surface area contributed by atoms with Crippen molar-refractivity contribution < 1.29 is 9.53 Å². The van der Waals surface area contributed by atoms with Gasteiger partial charge in [0.2, 0.25) is 5.91 Å². The quantitative estimate of drug-likeness (QED) is 0.710. The third kappa shape index (κ3) is 5.36. The Morgan fingerprint density at radius 2 is 2.20 bits per heavy atom. The van der Waals surface area contributed by atoms with Gasteiger partial charge in [0, 0.05) is 34.3 Å². The number of nitrogens with zero attached hydrogens (tertiary/aromatic N) is 1. The van der Waals surface area contributed by atoms with Crippen LogP contribution in [0.4, 0.5) is 5.69 Å². The molecule has 6 heteroatoms. The maximum absolute atomic E-state index is 11.4. The van der Waals surface area contributed by atoms with E-state index in [1.54, 1.807) is 14.2 Å². The van der Waals surface area contributed by atoms with E-state index in [2.05, 4.69) is 10.6 Å². The van der Waals surface area contributed by atoms with Gasteiger partial charge < -0.3 is 20.3 Å². The van der Waals surface area contributed by atoms with E-state index in [-0.39, 0.29) is 12.5 Å². The topological polar surface area (TPSA) is 53.6 Å². The molecule has 1 amide bonds. The van der Waals surface area contributed by atoms with Crippen LogP contribution < -0.4 is 15.5 Å². The van der Waals surface area contributed by atoms with E-state index in [4.69, 9.17) is 16.3 Å². The van der Waals surface area contributed by atoms with Gasteiger partial charge in [-0.25, -0.2) is 0 Å². The van der Waals surface area contributed by atoms with Crippen molar-refractivity contribution in [2.45, 2.75) is 6.54 Å². The fourth-order valence-electron chi connectivity index (χ4n) is 1.76. The molecule has 0 unspecified atom stereocenters. The second-order valence-electron chi connectivity index (χ2n) is 4.48. The molecule has 0 saturated heterocycles. The van der Waals surface area contributed by atoms with Crippen LogP contribution in [0.2, 0.25) is 5.02 Å². The summed E-state index contributed by atoms with van der Waals surface area (Å²) >= 11 is 6.27. The summed E-state index contributed by atoms with van der Waals surface area (Å²) in [5.74, 6) is -0.0473. The highest BCUT2D eigenvalue weighted by Gasteiger charge is 2.10. The molecule has 20 heavy (non-hydrogen) atoms. The second-order valence-corrected chi connectivity index (χ2v) is 4.89. The smallest absolute Gasteiger partial charge is 0.239 e. The van der Waals surface area contributed by atoms with E-state index in [0.717, 1.165) is 24.3 Å². The third-order valence-electron chi connectivity index (χ3n) is 2.90. The summed E-state index contributed by atoms with van der Waals surface area (Å²) in [6.07, 6.45) is 0. The molecule has 0 aliphatic heterocycles. The van der Waals surface area contributed by atoms with E-state index in [9.17, 15) is 4.79 Å². The summed E-state index contributed by atoms with van der Waals surface area (Å²) in [5.41, 5.74) is 1.94. The molecule has 0 bridgehead atoms. The lowest BCUT2D eigenvalue weighted by Gasteiger charge is -2.20. The first-order chi connectivity index (χ1) is 9.58. The Morgan fingerprint density at radius 1 is 1.45 bits per heavy atom. The Labute approximate surface area is 125 Å². The van der Waals surface area contributed by atoms with E-state index < -0.39 is 0 Å². The van der Waals surface area contributed by atoms with Crippen LogP contribution in [0, 0.1) is 0 Å². The standard InChI is InChI=1S/C14H22ClN3O2/c1-16-14(19)10-18(2)13-5-4-11(8-12(13)15)9-17-6-7-20-3/h4-5,8,17H,6-7,9-10H2,1-3H3,(H,16,19). The van der Waals surface area contributed by atoms with Crippen LogP contribution in [-0.2, 0) is 16.1 Å². The summed E-state index contributed by atoms with van der Waals surface area (Å²) in [6, 6.07) is 5.84. The molecule has 0 radical (unpaired) electrons. The Balaban J connectivity index is 2.60. The monoisotopic (exact) mass is 299 g/mol. The van der Waals surface area contributed by atoms with Gasteiger partial charge in [0.1, 0.15) is 0 Å². The van der Waals surface area contributed by atoms with E-state index in [0.29, 0.717) is 11.6 Å². The molecule has 5 nitrogen and oxygen atoms in total. The molecule has 0 aliphatic rings. The number of hydrogen-bond acceptors (Lipinski definition) is 4. The molecule has 1 rings (SSSR count). The number of ether oxygens (including phenoxy) is 1. The maximum atomic E-state index is 11.4. The fraction of sp³-hybridized carbons (Fsp3) is 0.500. The fourth-order valence-corrected chi connectivity index (χ4v) is 2.10. The molecule has 0 atom stereocenters. The van der Waals surface area contributed by atoms with E-state index in [1.807, 2.05) is 30.1 Å². The highest BCUT2D eigenvalue weighted by atomic mass is 35.5. The molecule has 1 aromatic rings. The van der Waals surface area contributed by atoms with Crippen LogP contribution in [0.3, 0.4) is 0 Å². The average molecular weight is 300 g/mol. The van der Waals surface area contributed by atoms with Crippen molar-refractivity contribution in [1.29, 1.82) is 0 Å². The molecule has 2 N–H and O–H groups in total. The summed E-state index contributed by atoms with van der Waals surface area (Å²) in [4.78, 5) is 13.2. The molecule has 0 fully saturated rings. The van der Waals surface area contributed by atoms with Gasteiger partial charge in [-0.05, 0) is 17.7 Å². The summed E-state index contributed by atoms with van der Waals surface area (Å²) < 4.78 is 4.97. The van der Waals surface area contributed by atoms with E-state index in [1.165, 1.54) is 0 Å². The van der Waals surface area contributed by atoms with Crippen molar-refractivity contribution in [3.05, 3.63) is 28.8 Å². The highest BCUT2D eigenvalue weighted by Crippen LogP contribution is 2.25. The summed E-state index contributed by atoms with van der Waals surface area (Å²) in [6.45, 7) is 2.50. The van der Waals surface area contributed by atoms with E-state index >= 15 is 0 Å². The largest absolute Gasteiger partial charge is 0.383 e. The van der Waals surface area contributed by atoms with Crippen LogP contribution in [0.5, 0.6) is 0 Å². The summed E-state index contributed by atoms with van der Waals surface area (Å²) in [7, 11) is 5.13. The minimum atomic E-state index is -0.0473. The number of nitrogens with one attached hydrogen (secondary N) is 2. The van der Waals surface area contributed by atoms with Crippen LogP contribution in [-0.4, -0.2) is 46.8 Å². The van der Waals surface area contributed by atoms with Gasteiger partial charge in [-0.15, -0.1) is 0 Å². The molecular weight excluding hydrogens is 278 g/mol. The number of carbonyl (C=O) groups excluding carboxylic acids is 1. The Morgan fingerprint density at radius 3 is 2.80 bits per heavy atom. The molecule has 0 heterocycles. The Hall–Kier alpha value is -1.30. The lowest BCUT2D eigenvalue weighted by Crippen LogP contribution is -2.33. The number of halogens is 1. The molecule has 0 aliphatic carbocycles. The Bertz CT molecular complexity index is 440. The van der Waals surface area contributed by atoms with Crippen LogP contribution >= 0.6 is 11.6 Å². The number of carbonyl (C=O) groups is 1. The SMILES string of the molecule is CNC(=O)CN(C)c1ccc(CNCCOC)cc1Cl. The van der Waals surface area contributed by atoms with Crippen LogP contribution in [0.25, 0.3) is 0 Å². The molecule has 0 saturated carbocycles. The number of hydrogen-bond donors (Lipinski definition) is 2. The average Bonchev–Trinajstić information content (AvgIpc) is 2.43. The van der Waals surface area contributed by atoms with Gasteiger partial charge in [0.25, 0.3) is 0 Å². The van der Waals surface area contributed by atoms with Crippen molar-refractivity contribution >= 4 is 23.2 Å². The molecule has 1 aromatic carbocycles. The Kier molecular flexibility index (Phi) is 7.36. The first-order valence-electron chi connectivity index (χ1n) is 6.48. The lowest BCUT2D eigenvalue weighted by molar-refractivity contribution is -0.119. The number of anilines is 1. The predicted molar refractivity (Wildman–Crippen MR) is 82.4 cm³/mol. The third-order valence-corrected chi connectivity index (χ3v) is 3.20. The van der Waals surface area contributed by atoms with Gasteiger partial charge in [-0.1, -0.05) is 17.7 Å².